The van der Waals surface area contributed by atoms with E-state index in [0.29, 0.717) is 5.41 Å². The van der Waals surface area contributed by atoms with Crippen molar-refractivity contribution in [3.05, 3.63) is 28.5 Å². The zero-order chi connectivity index (χ0) is 13.2. The number of nitrogens with zero attached hydrogens (tertiary/aromatic N) is 1. The van der Waals surface area contributed by atoms with Gasteiger partial charge in [0.1, 0.15) is 0 Å². The molecule has 0 aromatic carbocycles. The minimum atomic E-state index is 0.206. The second-order valence-electron chi connectivity index (χ2n) is 6.65. The molecule has 1 N–H and O–H groups in total. The molecular weight excluding hydrogens is 288 g/mol. The number of rotatable bonds is 4. The van der Waals surface area contributed by atoms with Crippen molar-refractivity contribution in [2.75, 3.05) is 6.54 Å². The summed E-state index contributed by atoms with van der Waals surface area (Å²) in [7, 11) is 0. The molecule has 2 rings (SSSR count). The summed E-state index contributed by atoms with van der Waals surface area (Å²) in [6, 6.07) is 2.20. The summed E-state index contributed by atoms with van der Waals surface area (Å²) in [5, 5.41) is 3.67. The lowest BCUT2D eigenvalue weighted by Crippen LogP contribution is -2.47. The van der Waals surface area contributed by atoms with Crippen LogP contribution in [0, 0.1) is 5.41 Å². The van der Waals surface area contributed by atoms with E-state index in [1.165, 1.54) is 24.8 Å². The molecular formula is C15H23BrN2. The third kappa shape index (κ3) is 3.79. The topological polar surface area (TPSA) is 24.9 Å². The van der Waals surface area contributed by atoms with Crippen molar-refractivity contribution in [1.82, 2.24) is 10.3 Å². The van der Waals surface area contributed by atoms with Gasteiger partial charge in [0.25, 0.3) is 0 Å². The lowest BCUT2D eigenvalue weighted by molar-refractivity contribution is 0.118. The first-order valence-electron chi connectivity index (χ1n) is 6.73. The van der Waals surface area contributed by atoms with E-state index in [1.54, 1.807) is 0 Å². The predicted molar refractivity (Wildman–Crippen MR) is 79.7 cm³/mol. The molecule has 0 bridgehead atoms. The maximum absolute atomic E-state index is 4.27. The highest BCUT2D eigenvalue weighted by Gasteiger charge is 2.37. The van der Waals surface area contributed by atoms with Crippen LogP contribution in [0.2, 0.25) is 0 Å². The van der Waals surface area contributed by atoms with Gasteiger partial charge in [-0.25, -0.2) is 0 Å². The molecule has 100 valence electrons. The zero-order valence-corrected chi connectivity index (χ0v) is 13.2. The van der Waals surface area contributed by atoms with Crippen molar-refractivity contribution in [2.45, 2.75) is 52.0 Å². The van der Waals surface area contributed by atoms with Crippen molar-refractivity contribution in [2.24, 2.45) is 5.41 Å². The van der Waals surface area contributed by atoms with Crippen LogP contribution in [0.4, 0.5) is 0 Å². The number of hydrogen-bond acceptors (Lipinski definition) is 2. The lowest BCUT2D eigenvalue weighted by Gasteiger charge is -2.44. The minimum Gasteiger partial charge on any atom is -0.312 e. The molecule has 0 radical (unpaired) electrons. The van der Waals surface area contributed by atoms with E-state index in [2.05, 4.69) is 53.1 Å². The van der Waals surface area contributed by atoms with Crippen LogP contribution in [0.25, 0.3) is 0 Å². The van der Waals surface area contributed by atoms with Crippen molar-refractivity contribution in [3.63, 3.8) is 0 Å². The first-order valence-corrected chi connectivity index (χ1v) is 7.52. The molecule has 1 aromatic rings. The fourth-order valence-corrected chi connectivity index (χ4v) is 2.94. The lowest BCUT2D eigenvalue weighted by atomic mass is 9.65. The molecule has 0 amide bonds. The monoisotopic (exact) mass is 310 g/mol. The molecule has 1 aliphatic carbocycles. The maximum atomic E-state index is 4.27. The summed E-state index contributed by atoms with van der Waals surface area (Å²) in [4.78, 5) is 4.27. The quantitative estimate of drug-likeness (QED) is 0.911. The van der Waals surface area contributed by atoms with E-state index in [-0.39, 0.29) is 5.54 Å². The van der Waals surface area contributed by atoms with Gasteiger partial charge in [-0.3, -0.25) is 4.98 Å². The van der Waals surface area contributed by atoms with Crippen molar-refractivity contribution >= 4 is 15.9 Å². The van der Waals surface area contributed by atoms with E-state index < -0.39 is 0 Å². The van der Waals surface area contributed by atoms with Gasteiger partial charge in [-0.2, -0.15) is 0 Å². The summed E-state index contributed by atoms with van der Waals surface area (Å²) < 4.78 is 1.08. The van der Waals surface area contributed by atoms with Crippen molar-refractivity contribution in [1.29, 1.82) is 0 Å². The Balaban J connectivity index is 2.00. The van der Waals surface area contributed by atoms with Gasteiger partial charge in [-0.1, -0.05) is 6.42 Å². The standard InChI is InChI=1S/C15H23BrN2/c1-14(2,3)18-11-15(5-4-6-15)8-12-7-13(16)10-17-9-12/h7,9-10,18H,4-6,8,11H2,1-3H3. The normalized spacial score (nSPS) is 18.4. The summed E-state index contributed by atoms with van der Waals surface area (Å²) in [6.07, 6.45) is 9.03. The molecule has 1 fully saturated rings. The molecule has 18 heavy (non-hydrogen) atoms. The second-order valence-corrected chi connectivity index (χ2v) is 7.56. The Kier molecular flexibility index (Phi) is 4.12. The summed E-state index contributed by atoms with van der Waals surface area (Å²) in [6.45, 7) is 7.82. The fourth-order valence-electron chi connectivity index (χ4n) is 2.53. The van der Waals surface area contributed by atoms with E-state index in [1.807, 2.05) is 12.4 Å². The van der Waals surface area contributed by atoms with E-state index >= 15 is 0 Å². The first kappa shape index (κ1) is 14.0. The van der Waals surface area contributed by atoms with Crippen LogP contribution >= 0.6 is 15.9 Å². The van der Waals surface area contributed by atoms with Crippen molar-refractivity contribution < 1.29 is 0 Å². The molecule has 0 spiro atoms. The smallest absolute Gasteiger partial charge is 0.0410 e. The second kappa shape index (κ2) is 5.30. The highest BCUT2D eigenvalue weighted by molar-refractivity contribution is 9.10. The van der Waals surface area contributed by atoms with Gasteiger partial charge < -0.3 is 5.32 Å². The van der Waals surface area contributed by atoms with E-state index in [9.17, 15) is 0 Å². The highest BCUT2D eigenvalue weighted by atomic mass is 79.9. The van der Waals surface area contributed by atoms with Crippen LogP contribution in [0.15, 0.2) is 22.9 Å². The number of aromatic nitrogens is 1. The van der Waals surface area contributed by atoms with Gasteiger partial charge in [0, 0.05) is 29.0 Å². The minimum absolute atomic E-state index is 0.206. The van der Waals surface area contributed by atoms with Gasteiger partial charge in [0.2, 0.25) is 0 Å². The predicted octanol–water partition coefficient (Wildman–Crippen LogP) is 3.95. The Bertz CT molecular complexity index is 405. The van der Waals surface area contributed by atoms with Gasteiger partial charge in [0.15, 0.2) is 0 Å². The first-order chi connectivity index (χ1) is 8.39. The highest BCUT2D eigenvalue weighted by Crippen LogP contribution is 2.43. The molecule has 2 nitrogen and oxygen atoms in total. The maximum Gasteiger partial charge on any atom is 0.0410 e. The van der Waals surface area contributed by atoms with Crippen LogP contribution < -0.4 is 5.32 Å². The Labute approximate surface area is 119 Å². The molecule has 1 aromatic heterocycles. The third-order valence-corrected chi connectivity index (χ3v) is 4.18. The van der Waals surface area contributed by atoms with Crippen molar-refractivity contribution in [3.8, 4) is 0 Å². The molecule has 1 aliphatic rings. The van der Waals surface area contributed by atoms with E-state index in [0.717, 1.165) is 17.4 Å². The Morgan fingerprint density at radius 3 is 2.56 bits per heavy atom. The summed E-state index contributed by atoms with van der Waals surface area (Å²) in [5.74, 6) is 0. The number of pyridine rings is 1. The van der Waals surface area contributed by atoms with Gasteiger partial charge >= 0.3 is 0 Å². The summed E-state index contributed by atoms with van der Waals surface area (Å²) >= 11 is 3.50. The number of halogens is 1. The Morgan fingerprint density at radius 1 is 1.33 bits per heavy atom. The largest absolute Gasteiger partial charge is 0.312 e. The van der Waals surface area contributed by atoms with Crippen LogP contribution in [-0.4, -0.2) is 17.1 Å². The van der Waals surface area contributed by atoms with Crippen LogP contribution in [0.5, 0.6) is 0 Å². The van der Waals surface area contributed by atoms with Crippen LogP contribution in [0.3, 0.4) is 0 Å². The molecule has 0 saturated heterocycles. The van der Waals surface area contributed by atoms with Crippen LogP contribution in [-0.2, 0) is 6.42 Å². The summed E-state index contributed by atoms with van der Waals surface area (Å²) in [5.41, 5.74) is 2.01. The van der Waals surface area contributed by atoms with E-state index in [4.69, 9.17) is 0 Å². The van der Waals surface area contributed by atoms with Crippen LogP contribution in [0.1, 0.15) is 45.6 Å². The third-order valence-electron chi connectivity index (χ3n) is 3.75. The average molecular weight is 311 g/mol. The Hall–Kier alpha value is -0.410. The molecule has 1 heterocycles. The average Bonchev–Trinajstić information content (AvgIpc) is 2.20. The molecule has 1 saturated carbocycles. The van der Waals surface area contributed by atoms with Gasteiger partial charge in [-0.05, 0) is 73.0 Å². The molecule has 0 aliphatic heterocycles. The molecule has 0 unspecified atom stereocenters. The number of nitrogens with one attached hydrogen (secondary N) is 1. The van der Waals surface area contributed by atoms with Gasteiger partial charge in [-0.15, -0.1) is 0 Å². The fraction of sp³-hybridized carbons (Fsp3) is 0.667. The SMILES string of the molecule is CC(C)(C)NCC1(Cc2cncc(Br)c2)CCC1. The zero-order valence-electron chi connectivity index (χ0n) is 11.6. The molecule has 0 atom stereocenters. The molecule has 3 heteroatoms. The Morgan fingerprint density at radius 2 is 2.06 bits per heavy atom. The van der Waals surface area contributed by atoms with Gasteiger partial charge in [0.05, 0.1) is 0 Å². The number of hydrogen-bond donors (Lipinski definition) is 1.